The van der Waals surface area contributed by atoms with Crippen LogP contribution in [0.1, 0.15) is 67.2 Å². The molecule has 1 aliphatic heterocycles. The average molecular weight is 344 g/mol. The predicted octanol–water partition coefficient (Wildman–Crippen LogP) is 3.80. The first-order valence-electron chi connectivity index (χ1n) is 9.08. The number of rotatable bonds is 4. The van der Waals surface area contributed by atoms with E-state index in [1.54, 1.807) is 0 Å². The molecule has 25 heavy (non-hydrogen) atoms. The van der Waals surface area contributed by atoms with Gasteiger partial charge in [0.1, 0.15) is 11.5 Å². The highest BCUT2D eigenvalue weighted by molar-refractivity contribution is 5.75. The molecule has 0 spiro atoms. The van der Waals surface area contributed by atoms with Crippen LogP contribution in [0.15, 0.2) is 16.5 Å². The molecule has 1 aliphatic rings. The average Bonchev–Trinajstić information content (AvgIpc) is 3.27. The van der Waals surface area contributed by atoms with E-state index in [9.17, 15) is 4.79 Å². The van der Waals surface area contributed by atoms with Crippen LogP contribution >= 0.6 is 0 Å². The number of carbonyl (C=O) groups excluding carboxylic acids is 1. The topological polar surface area (TPSA) is 63.3 Å². The molecule has 1 N–H and O–H groups in total. The zero-order valence-electron chi connectivity index (χ0n) is 15.8. The summed E-state index contributed by atoms with van der Waals surface area (Å²) in [5.41, 5.74) is 3.14. The Kier molecular flexibility index (Phi) is 4.88. The molecule has 2 amide bonds. The van der Waals surface area contributed by atoms with Gasteiger partial charge in [0.2, 0.25) is 0 Å². The highest BCUT2D eigenvalue weighted by atomic mass is 16.3. The second-order valence-corrected chi connectivity index (χ2v) is 6.89. The summed E-state index contributed by atoms with van der Waals surface area (Å²) in [6.07, 6.45) is 2.82. The van der Waals surface area contributed by atoms with Crippen LogP contribution in [-0.2, 0) is 13.5 Å². The molecule has 0 bridgehead atoms. The van der Waals surface area contributed by atoms with E-state index in [0.29, 0.717) is 0 Å². The zero-order chi connectivity index (χ0) is 18.1. The first-order chi connectivity index (χ1) is 11.9. The van der Waals surface area contributed by atoms with Gasteiger partial charge in [-0.2, -0.15) is 5.10 Å². The molecule has 0 saturated carbocycles. The molecule has 3 heterocycles. The lowest BCUT2D eigenvalue weighted by molar-refractivity contribution is 0.182. The fraction of sp³-hybridized carbons (Fsp3) is 0.579. The molecule has 0 aromatic carbocycles. The largest absolute Gasteiger partial charge is 0.464 e. The summed E-state index contributed by atoms with van der Waals surface area (Å²) < 4.78 is 7.76. The number of hydrogen-bond donors (Lipinski definition) is 1. The molecule has 136 valence electrons. The van der Waals surface area contributed by atoms with Crippen molar-refractivity contribution in [2.75, 3.05) is 6.54 Å². The number of likely N-dealkylation sites (tertiary alicyclic amines) is 1. The van der Waals surface area contributed by atoms with E-state index in [2.05, 4.69) is 17.3 Å². The van der Waals surface area contributed by atoms with Crippen molar-refractivity contribution in [1.82, 2.24) is 20.0 Å². The molecular weight excluding hydrogens is 316 g/mol. The van der Waals surface area contributed by atoms with Crippen molar-refractivity contribution >= 4 is 6.03 Å². The van der Waals surface area contributed by atoms with Gasteiger partial charge in [0, 0.05) is 31.3 Å². The quantitative estimate of drug-likeness (QED) is 0.917. The van der Waals surface area contributed by atoms with Gasteiger partial charge < -0.3 is 14.6 Å². The fourth-order valence-electron chi connectivity index (χ4n) is 3.83. The van der Waals surface area contributed by atoms with Gasteiger partial charge in [-0.1, -0.05) is 6.92 Å². The van der Waals surface area contributed by atoms with E-state index in [4.69, 9.17) is 4.42 Å². The molecule has 0 radical (unpaired) electrons. The minimum absolute atomic E-state index is 0.0311. The minimum Gasteiger partial charge on any atom is -0.464 e. The van der Waals surface area contributed by atoms with Crippen LogP contribution in [0.3, 0.4) is 0 Å². The number of hydrogen-bond acceptors (Lipinski definition) is 3. The Hall–Kier alpha value is -2.24. The number of aromatic nitrogens is 2. The summed E-state index contributed by atoms with van der Waals surface area (Å²) in [5, 5.41) is 7.59. The summed E-state index contributed by atoms with van der Waals surface area (Å²) in [6, 6.07) is 3.93. The van der Waals surface area contributed by atoms with Crippen molar-refractivity contribution in [2.45, 2.75) is 59.0 Å². The lowest BCUT2D eigenvalue weighted by atomic mass is 10.1. The zero-order valence-corrected chi connectivity index (χ0v) is 15.8. The number of urea groups is 1. The maximum absolute atomic E-state index is 12.9. The summed E-state index contributed by atoms with van der Waals surface area (Å²) in [7, 11) is 1.93. The SMILES string of the molecule is CCc1ccc([C@@H]2CCCN2C(=O)N[C@H](C)c2c(C)nn(C)c2C)o1. The lowest BCUT2D eigenvalue weighted by Gasteiger charge is -2.26. The third kappa shape index (κ3) is 3.30. The highest BCUT2D eigenvalue weighted by Crippen LogP contribution is 2.33. The number of nitrogens with one attached hydrogen (secondary N) is 1. The van der Waals surface area contributed by atoms with Crippen molar-refractivity contribution in [1.29, 1.82) is 0 Å². The van der Waals surface area contributed by atoms with Gasteiger partial charge in [-0.15, -0.1) is 0 Å². The Morgan fingerprint density at radius 3 is 2.80 bits per heavy atom. The maximum atomic E-state index is 12.9. The van der Waals surface area contributed by atoms with Gasteiger partial charge in [0.15, 0.2) is 0 Å². The Bertz CT molecular complexity index is 762. The third-order valence-electron chi connectivity index (χ3n) is 5.21. The van der Waals surface area contributed by atoms with E-state index in [1.165, 1.54) is 0 Å². The van der Waals surface area contributed by atoms with Crippen molar-refractivity contribution < 1.29 is 9.21 Å². The standard InChI is InChI=1S/C19H28N4O2/c1-6-15-9-10-17(25-15)16-8-7-11-23(16)19(24)20-12(2)18-13(3)21-22(5)14(18)4/h9-10,12,16H,6-8,11H2,1-5H3,(H,20,24)/t12-,16+/m1/s1. The van der Waals surface area contributed by atoms with Crippen molar-refractivity contribution in [2.24, 2.45) is 7.05 Å². The molecular formula is C19H28N4O2. The maximum Gasteiger partial charge on any atom is 0.318 e. The van der Waals surface area contributed by atoms with Crippen molar-refractivity contribution in [3.63, 3.8) is 0 Å². The van der Waals surface area contributed by atoms with Crippen LogP contribution < -0.4 is 5.32 Å². The van der Waals surface area contributed by atoms with Gasteiger partial charge in [0.05, 0.1) is 17.8 Å². The van der Waals surface area contributed by atoms with Crippen molar-refractivity contribution in [3.8, 4) is 0 Å². The Morgan fingerprint density at radius 2 is 2.20 bits per heavy atom. The second kappa shape index (κ2) is 6.94. The molecule has 6 nitrogen and oxygen atoms in total. The lowest BCUT2D eigenvalue weighted by Crippen LogP contribution is -2.40. The van der Waals surface area contributed by atoms with Crippen LogP contribution in [0.5, 0.6) is 0 Å². The normalized spacial score (nSPS) is 18.6. The molecule has 2 aromatic rings. The van der Waals surface area contributed by atoms with Crippen molar-refractivity contribution in [3.05, 3.63) is 40.6 Å². The van der Waals surface area contributed by atoms with Gasteiger partial charge in [-0.05, 0) is 45.7 Å². The Morgan fingerprint density at radius 1 is 1.44 bits per heavy atom. The van der Waals surface area contributed by atoms with Crippen LogP contribution in [-0.4, -0.2) is 27.3 Å². The first-order valence-corrected chi connectivity index (χ1v) is 9.08. The van der Waals surface area contributed by atoms with E-state index < -0.39 is 0 Å². The van der Waals surface area contributed by atoms with Gasteiger partial charge in [-0.25, -0.2) is 4.79 Å². The monoisotopic (exact) mass is 344 g/mol. The first kappa shape index (κ1) is 17.6. The fourth-order valence-corrected chi connectivity index (χ4v) is 3.83. The summed E-state index contributed by atoms with van der Waals surface area (Å²) in [5.74, 6) is 1.86. The van der Waals surface area contributed by atoms with Crippen LogP contribution in [0, 0.1) is 13.8 Å². The van der Waals surface area contributed by atoms with E-state index >= 15 is 0 Å². The smallest absolute Gasteiger partial charge is 0.318 e. The molecule has 1 saturated heterocycles. The predicted molar refractivity (Wildman–Crippen MR) is 96.4 cm³/mol. The van der Waals surface area contributed by atoms with Crippen LogP contribution in [0.2, 0.25) is 0 Å². The molecule has 0 aliphatic carbocycles. The summed E-state index contributed by atoms with van der Waals surface area (Å²) in [4.78, 5) is 14.8. The van der Waals surface area contributed by atoms with Crippen LogP contribution in [0.25, 0.3) is 0 Å². The van der Waals surface area contributed by atoms with E-state index in [-0.39, 0.29) is 18.1 Å². The number of amides is 2. The number of aryl methyl sites for hydroxylation is 3. The van der Waals surface area contributed by atoms with Gasteiger partial charge in [0.25, 0.3) is 0 Å². The third-order valence-corrected chi connectivity index (χ3v) is 5.21. The number of carbonyl (C=O) groups is 1. The molecule has 6 heteroatoms. The Balaban J connectivity index is 1.73. The second-order valence-electron chi connectivity index (χ2n) is 6.89. The molecule has 2 aromatic heterocycles. The van der Waals surface area contributed by atoms with Crippen LogP contribution in [0.4, 0.5) is 4.79 Å². The summed E-state index contributed by atoms with van der Waals surface area (Å²) in [6.45, 7) is 8.87. The number of nitrogens with zero attached hydrogens (tertiary/aromatic N) is 3. The number of furan rings is 1. The molecule has 0 unspecified atom stereocenters. The van der Waals surface area contributed by atoms with E-state index in [0.717, 1.165) is 54.3 Å². The van der Waals surface area contributed by atoms with Gasteiger partial charge in [-0.3, -0.25) is 4.68 Å². The Labute approximate surface area is 149 Å². The molecule has 1 fully saturated rings. The summed E-state index contributed by atoms with van der Waals surface area (Å²) >= 11 is 0. The minimum atomic E-state index is -0.0785. The molecule has 2 atom stereocenters. The van der Waals surface area contributed by atoms with Gasteiger partial charge >= 0.3 is 6.03 Å². The van der Waals surface area contributed by atoms with E-state index in [1.807, 2.05) is 49.5 Å². The molecule has 3 rings (SSSR count). The highest BCUT2D eigenvalue weighted by Gasteiger charge is 2.33.